The number of carbonyl (C=O) groups is 2. The van der Waals surface area contributed by atoms with Gasteiger partial charge in [-0.2, -0.15) is 0 Å². The minimum atomic E-state index is -0.466. The smallest absolute Gasteiger partial charge is 0.246 e. The number of nitrogens with one attached hydrogen (secondary N) is 1. The number of piperazine rings is 1. The van der Waals surface area contributed by atoms with E-state index in [1.165, 1.54) is 5.56 Å². The van der Waals surface area contributed by atoms with Crippen molar-refractivity contribution in [1.29, 1.82) is 0 Å². The van der Waals surface area contributed by atoms with Crippen molar-refractivity contribution < 1.29 is 9.59 Å². The first-order valence-corrected chi connectivity index (χ1v) is 11.7. The van der Waals surface area contributed by atoms with E-state index in [1.54, 1.807) is 4.90 Å². The third-order valence-corrected chi connectivity index (χ3v) is 7.33. The van der Waals surface area contributed by atoms with E-state index in [0.29, 0.717) is 12.3 Å². The van der Waals surface area contributed by atoms with Crippen molar-refractivity contribution in [2.24, 2.45) is 0 Å². The second kappa shape index (κ2) is 7.80. The molecule has 5 nitrogen and oxygen atoms in total. The van der Waals surface area contributed by atoms with Gasteiger partial charge in [-0.25, -0.2) is 0 Å². The number of H-pyrrole nitrogens is 1. The van der Waals surface area contributed by atoms with Crippen LogP contribution in [0.3, 0.4) is 0 Å². The minimum absolute atomic E-state index is 0.0251. The van der Waals surface area contributed by atoms with E-state index in [-0.39, 0.29) is 30.4 Å². The molecule has 32 heavy (non-hydrogen) atoms. The summed E-state index contributed by atoms with van der Waals surface area (Å²) in [5.41, 5.74) is 5.57. The summed E-state index contributed by atoms with van der Waals surface area (Å²) >= 11 is 0. The Morgan fingerprint density at radius 1 is 1.03 bits per heavy atom. The second-order valence-electron chi connectivity index (χ2n) is 9.53. The average molecular weight is 430 g/mol. The summed E-state index contributed by atoms with van der Waals surface area (Å²) in [6.45, 7) is 8.60. The van der Waals surface area contributed by atoms with Gasteiger partial charge in [0.25, 0.3) is 0 Å². The van der Waals surface area contributed by atoms with E-state index in [4.69, 9.17) is 0 Å². The van der Waals surface area contributed by atoms with Gasteiger partial charge in [-0.3, -0.25) is 9.59 Å². The summed E-state index contributed by atoms with van der Waals surface area (Å²) in [4.78, 5) is 34.3. The molecule has 1 saturated heterocycles. The van der Waals surface area contributed by atoms with Gasteiger partial charge < -0.3 is 14.8 Å². The Hall–Kier alpha value is -3.08. The maximum atomic E-state index is 13.6. The van der Waals surface area contributed by atoms with Gasteiger partial charge in [0, 0.05) is 29.1 Å². The zero-order chi connectivity index (χ0) is 22.6. The number of aromatic nitrogens is 1. The molecule has 1 N–H and O–H groups in total. The number of aromatic amines is 1. The van der Waals surface area contributed by atoms with E-state index >= 15 is 0 Å². The van der Waals surface area contributed by atoms with E-state index in [0.717, 1.165) is 34.1 Å². The molecule has 0 aliphatic carbocycles. The SMILES string of the molecule is CC[C@@H](C)N1CC(=O)N2[C@@H](c3ccc(C(C)C)cc3)c3[nH]c4ccccc4c3C[C@@H]2C1=O. The van der Waals surface area contributed by atoms with Crippen LogP contribution in [0.25, 0.3) is 10.9 Å². The van der Waals surface area contributed by atoms with Gasteiger partial charge in [0.2, 0.25) is 11.8 Å². The Balaban J connectivity index is 1.67. The van der Waals surface area contributed by atoms with Gasteiger partial charge in [-0.1, -0.05) is 63.2 Å². The van der Waals surface area contributed by atoms with E-state index in [2.05, 4.69) is 62.2 Å². The monoisotopic (exact) mass is 429 g/mol. The van der Waals surface area contributed by atoms with Crippen LogP contribution in [-0.2, 0) is 16.0 Å². The maximum Gasteiger partial charge on any atom is 0.246 e. The molecule has 3 heterocycles. The number of hydrogen-bond donors (Lipinski definition) is 1. The molecule has 0 spiro atoms. The summed E-state index contributed by atoms with van der Waals surface area (Å²) in [6, 6.07) is 16.1. The highest BCUT2D eigenvalue weighted by molar-refractivity contribution is 5.97. The van der Waals surface area contributed by atoms with Gasteiger partial charge in [-0.15, -0.1) is 0 Å². The van der Waals surface area contributed by atoms with Crippen molar-refractivity contribution in [3.05, 3.63) is 70.9 Å². The Bertz CT molecular complexity index is 1180. The number of fused-ring (bicyclic) bond motifs is 4. The van der Waals surface area contributed by atoms with Crippen LogP contribution in [0.5, 0.6) is 0 Å². The Morgan fingerprint density at radius 3 is 2.44 bits per heavy atom. The van der Waals surface area contributed by atoms with Crippen molar-refractivity contribution in [2.75, 3.05) is 6.54 Å². The number of hydrogen-bond acceptors (Lipinski definition) is 2. The van der Waals surface area contributed by atoms with Crippen LogP contribution in [0.2, 0.25) is 0 Å². The molecule has 0 saturated carbocycles. The van der Waals surface area contributed by atoms with Crippen LogP contribution in [0.15, 0.2) is 48.5 Å². The molecule has 0 bridgehead atoms. The summed E-state index contributed by atoms with van der Waals surface area (Å²) in [6.07, 6.45) is 1.39. The predicted molar refractivity (Wildman–Crippen MR) is 126 cm³/mol. The van der Waals surface area contributed by atoms with Crippen molar-refractivity contribution >= 4 is 22.7 Å². The zero-order valence-electron chi connectivity index (χ0n) is 19.3. The lowest BCUT2D eigenvalue weighted by molar-refractivity contribution is -0.160. The first kappa shape index (κ1) is 20.8. The number of para-hydroxylation sites is 1. The first-order chi connectivity index (χ1) is 15.4. The standard InChI is InChI=1S/C27H31N3O2/c1-5-17(4)29-15-24(31)30-23(27(29)32)14-21-20-8-6-7-9-22(20)28-25(21)26(30)19-12-10-18(11-13-19)16(2)3/h6-13,16-17,23,26,28H,5,14-15H2,1-4H3/t17-,23-,26+/m1/s1. The average Bonchev–Trinajstić information content (AvgIpc) is 3.18. The number of amides is 2. The van der Waals surface area contributed by atoms with Crippen LogP contribution in [0.1, 0.15) is 68.5 Å². The third-order valence-electron chi connectivity index (χ3n) is 7.33. The lowest BCUT2D eigenvalue weighted by atomic mass is 9.85. The maximum absolute atomic E-state index is 13.6. The fourth-order valence-electron chi connectivity index (χ4n) is 5.29. The van der Waals surface area contributed by atoms with Crippen molar-refractivity contribution in [1.82, 2.24) is 14.8 Å². The van der Waals surface area contributed by atoms with Crippen LogP contribution < -0.4 is 0 Å². The van der Waals surface area contributed by atoms with E-state index in [1.807, 2.05) is 24.0 Å². The van der Waals surface area contributed by atoms with Gasteiger partial charge >= 0.3 is 0 Å². The van der Waals surface area contributed by atoms with Gasteiger partial charge in [-0.05, 0) is 42.0 Å². The van der Waals surface area contributed by atoms with Crippen molar-refractivity contribution in [3.8, 4) is 0 Å². The molecule has 2 aliphatic rings. The topological polar surface area (TPSA) is 56.4 Å². The summed E-state index contributed by atoms with van der Waals surface area (Å²) in [5, 5.41) is 1.15. The third kappa shape index (κ3) is 3.14. The van der Waals surface area contributed by atoms with Crippen LogP contribution >= 0.6 is 0 Å². The Morgan fingerprint density at radius 2 is 1.75 bits per heavy atom. The van der Waals surface area contributed by atoms with E-state index < -0.39 is 6.04 Å². The van der Waals surface area contributed by atoms with Crippen LogP contribution in [0, 0.1) is 0 Å². The number of nitrogens with zero attached hydrogens (tertiary/aromatic N) is 2. The van der Waals surface area contributed by atoms with Crippen molar-refractivity contribution in [2.45, 2.75) is 64.6 Å². The molecule has 0 radical (unpaired) electrons. The molecule has 5 rings (SSSR count). The number of rotatable bonds is 4. The normalized spacial score (nSPS) is 21.8. The second-order valence-corrected chi connectivity index (χ2v) is 9.53. The molecule has 3 atom stereocenters. The summed E-state index contributed by atoms with van der Waals surface area (Å²) < 4.78 is 0. The largest absolute Gasteiger partial charge is 0.356 e. The summed E-state index contributed by atoms with van der Waals surface area (Å²) in [7, 11) is 0. The van der Waals surface area contributed by atoms with Crippen LogP contribution in [0.4, 0.5) is 0 Å². The number of carbonyl (C=O) groups excluding carboxylic acids is 2. The van der Waals surface area contributed by atoms with Gasteiger partial charge in [0.1, 0.15) is 12.6 Å². The van der Waals surface area contributed by atoms with Crippen molar-refractivity contribution in [3.63, 3.8) is 0 Å². The molecule has 166 valence electrons. The highest BCUT2D eigenvalue weighted by Gasteiger charge is 2.48. The fraction of sp³-hybridized carbons (Fsp3) is 0.407. The lowest BCUT2D eigenvalue weighted by Crippen LogP contribution is -2.64. The van der Waals surface area contributed by atoms with E-state index in [9.17, 15) is 9.59 Å². The molecule has 2 aromatic carbocycles. The summed E-state index contributed by atoms with van der Waals surface area (Å²) in [5.74, 6) is 0.532. The first-order valence-electron chi connectivity index (χ1n) is 11.7. The highest BCUT2D eigenvalue weighted by atomic mass is 16.2. The number of benzene rings is 2. The minimum Gasteiger partial charge on any atom is -0.356 e. The molecule has 1 fully saturated rings. The predicted octanol–water partition coefficient (Wildman–Crippen LogP) is 4.77. The quantitative estimate of drug-likeness (QED) is 0.649. The highest BCUT2D eigenvalue weighted by Crippen LogP contribution is 2.43. The molecule has 2 amide bonds. The Kier molecular flexibility index (Phi) is 5.07. The molecule has 1 aromatic heterocycles. The van der Waals surface area contributed by atoms with Crippen LogP contribution in [-0.4, -0.2) is 45.2 Å². The molecule has 0 unspecified atom stereocenters. The molecule has 5 heteroatoms. The zero-order valence-corrected chi connectivity index (χ0v) is 19.3. The lowest BCUT2D eigenvalue weighted by Gasteiger charge is -2.48. The molecule has 3 aromatic rings. The van der Waals surface area contributed by atoms with Gasteiger partial charge in [0.05, 0.1) is 6.04 Å². The molecule has 2 aliphatic heterocycles. The van der Waals surface area contributed by atoms with Gasteiger partial charge in [0.15, 0.2) is 0 Å². The fourth-order valence-corrected chi connectivity index (χ4v) is 5.29. The Labute approximate surface area is 189 Å². The molecular weight excluding hydrogens is 398 g/mol. The molecular formula is C27H31N3O2.